The fourth-order valence-corrected chi connectivity index (χ4v) is 3.50. The van der Waals surface area contributed by atoms with Gasteiger partial charge in [-0.2, -0.15) is 9.97 Å². The van der Waals surface area contributed by atoms with E-state index < -0.39 is 0 Å². The van der Waals surface area contributed by atoms with Crippen LogP contribution in [0, 0.1) is 0 Å². The summed E-state index contributed by atoms with van der Waals surface area (Å²) < 4.78 is 11.4. The second-order valence-electron chi connectivity index (χ2n) is 6.91. The van der Waals surface area contributed by atoms with Gasteiger partial charge in [-0.25, -0.2) is 0 Å². The molecule has 0 aromatic carbocycles. The van der Waals surface area contributed by atoms with E-state index in [1.165, 1.54) is 0 Å². The Balaban J connectivity index is 1.68. The second kappa shape index (κ2) is 7.99. The van der Waals surface area contributed by atoms with E-state index >= 15 is 0 Å². The third kappa shape index (κ3) is 4.21. The SMILES string of the molecule is CCC[C@H](C)Oc1nc(N)c2c(n1)N(CCCC1CCCO1)C(=O)C2. The van der Waals surface area contributed by atoms with Gasteiger partial charge in [-0.15, -0.1) is 0 Å². The van der Waals surface area contributed by atoms with E-state index in [-0.39, 0.29) is 24.4 Å². The number of ether oxygens (including phenoxy) is 2. The van der Waals surface area contributed by atoms with Crippen LogP contribution in [0.25, 0.3) is 0 Å². The van der Waals surface area contributed by atoms with Crippen molar-refractivity contribution in [3.05, 3.63) is 5.56 Å². The van der Waals surface area contributed by atoms with Gasteiger partial charge in [0.25, 0.3) is 0 Å². The highest BCUT2D eigenvalue weighted by atomic mass is 16.5. The van der Waals surface area contributed by atoms with Gasteiger partial charge in [0.15, 0.2) is 0 Å². The number of aromatic nitrogens is 2. The van der Waals surface area contributed by atoms with E-state index in [1.807, 2.05) is 6.92 Å². The molecule has 1 amide bonds. The molecular weight excluding hydrogens is 320 g/mol. The Kier molecular flexibility index (Phi) is 5.73. The normalized spacial score (nSPS) is 20.8. The van der Waals surface area contributed by atoms with Crippen LogP contribution in [0.5, 0.6) is 6.01 Å². The van der Waals surface area contributed by atoms with E-state index in [9.17, 15) is 4.79 Å². The molecule has 7 heteroatoms. The quantitative estimate of drug-likeness (QED) is 0.776. The maximum atomic E-state index is 12.4. The molecule has 1 aromatic rings. The first-order chi connectivity index (χ1) is 12.1. The summed E-state index contributed by atoms with van der Waals surface area (Å²) in [5.41, 5.74) is 6.77. The zero-order chi connectivity index (χ0) is 17.8. The maximum Gasteiger partial charge on any atom is 0.320 e. The Labute approximate surface area is 148 Å². The number of hydrogen-bond acceptors (Lipinski definition) is 6. The molecule has 0 radical (unpaired) electrons. The topological polar surface area (TPSA) is 90.6 Å². The van der Waals surface area contributed by atoms with E-state index in [1.54, 1.807) is 4.90 Å². The molecule has 2 N–H and O–H groups in total. The molecule has 2 aliphatic heterocycles. The van der Waals surface area contributed by atoms with Crippen LogP contribution in [0.15, 0.2) is 0 Å². The largest absolute Gasteiger partial charge is 0.460 e. The van der Waals surface area contributed by atoms with Crippen LogP contribution in [-0.2, 0) is 16.0 Å². The van der Waals surface area contributed by atoms with Gasteiger partial charge in [-0.05, 0) is 39.0 Å². The first-order valence-corrected chi connectivity index (χ1v) is 9.33. The molecule has 1 saturated heterocycles. The molecule has 3 rings (SSSR count). The Bertz CT molecular complexity index is 617. The zero-order valence-electron chi connectivity index (χ0n) is 15.2. The Hall–Kier alpha value is -1.89. The lowest BCUT2D eigenvalue weighted by Gasteiger charge is -2.19. The van der Waals surface area contributed by atoms with Crippen molar-refractivity contribution >= 4 is 17.5 Å². The van der Waals surface area contributed by atoms with Crippen molar-refractivity contribution in [2.45, 2.75) is 71.0 Å². The van der Waals surface area contributed by atoms with Crippen molar-refractivity contribution in [1.82, 2.24) is 9.97 Å². The fourth-order valence-electron chi connectivity index (χ4n) is 3.50. The minimum Gasteiger partial charge on any atom is -0.460 e. The van der Waals surface area contributed by atoms with Gasteiger partial charge < -0.3 is 15.2 Å². The summed E-state index contributed by atoms with van der Waals surface area (Å²) in [6.07, 6.45) is 6.68. The molecule has 1 unspecified atom stereocenters. The highest BCUT2D eigenvalue weighted by Gasteiger charge is 2.32. The van der Waals surface area contributed by atoms with Gasteiger partial charge in [0.2, 0.25) is 5.91 Å². The molecule has 2 aliphatic rings. The highest BCUT2D eigenvalue weighted by molar-refractivity contribution is 6.01. The highest BCUT2D eigenvalue weighted by Crippen LogP contribution is 2.32. The Morgan fingerprint density at radius 2 is 2.28 bits per heavy atom. The van der Waals surface area contributed by atoms with Crippen molar-refractivity contribution in [1.29, 1.82) is 0 Å². The van der Waals surface area contributed by atoms with Crippen molar-refractivity contribution in [3.63, 3.8) is 0 Å². The van der Waals surface area contributed by atoms with Crippen LogP contribution in [-0.4, -0.2) is 41.2 Å². The molecule has 3 heterocycles. The van der Waals surface area contributed by atoms with E-state index in [0.717, 1.165) is 50.7 Å². The molecule has 1 fully saturated rings. The monoisotopic (exact) mass is 348 g/mol. The Morgan fingerprint density at radius 3 is 3.00 bits per heavy atom. The first kappa shape index (κ1) is 17.9. The first-order valence-electron chi connectivity index (χ1n) is 9.33. The average molecular weight is 348 g/mol. The van der Waals surface area contributed by atoms with Gasteiger partial charge in [0, 0.05) is 18.7 Å². The Morgan fingerprint density at radius 1 is 1.44 bits per heavy atom. The smallest absolute Gasteiger partial charge is 0.320 e. The summed E-state index contributed by atoms with van der Waals surface area (Å²) in [5, 5.41) is 0. The summed E-state index contributed by atoms with van der Waals surface area (Å²) in [7, 11) is 0. The summed E-state index contributed by atoms with van der Waals surface area (Å²) >= 11 is 0. The predicted molar refractivity (Wildman–Crippen MR) is 95.7 cm³/mol. The van der Waals surface area contributed by atoms with Crippen molar-refractivity contribution in [2.24, 2.45) is 0 Å². The number of nitrogens with two attached hydrogens (primary N) is 1. The molecular formula is C18H28N4O3. The molecule has 0 aliphatic carbocycles. The lowest BCUT2D eigenvalue weighted by molar-refractivity contribution is -0.117. The molecule has 138 valence electrons. The van der Waals surface area contributed by atoms with Crippen molar-refractivity contribution < 1.29 is 14.3 Å². The van der Waals surface area contributed by atoms with Gasteiger partial charge in [-0.3, -0.25) is 9.69 Å². The second-order valence-corrected chi connectivity index (χ2v) is 6.91. The third-order valence-corrected chi connectivity index (χ3v) is 4.82. The van der Waals surface area contributed by atoms with E-state index in [0.29, 0.717) is 24.3 Å². The number of carbonyl (C=O) groups excluding carboxylic acids is 1. The van der Waals surface area contributed by atoms with Crippen molar-refractivity contribution in [3.8, 4) is 6.01 Å². The van der Waals surface area contributed by atoms with Crippen LogP contribution < -0.4 is 15.4 Å². The molecule has 0 saturated carbocycles. The molecule has 0 bridgehead atoms. The average Bonchev–Trinajstić information content (AvgIpc) is 3.17. The molecule has 0 spiro atoms. The molecule has 25 heavy (non-hydrogen) atoms. The van der Waals surface area contributed by atoms with Gasteiger partial charge in [0.05, 0.1) is 18.6 Å². The van der Waals surface area contributed by atoms with Crippen LogP contribution >= 0.6 is 0 Å². The summed E-state index contributed by atoms with van der Waals surface area (Å²) in [6, 6.07) is 0.260. The summed E-state index contributed by atoms with van der Waals surface area (Å²) in [6.45, 7) is 5.58. The van der Waals surface area contributed by atoms with E-state index in [4.69, 9.17) is 15.2 Å². The van der Waals surface area contributed by atoms with Crippen LogP contribution in [0.4, 0.5) is 11.6 Å². The van der Waals surface area contributed by atoms with Crippen LogP contribution in [0.2, 0.25) is 0 Å². The summed E-state index contributed by atoms with van der Waals surface area (Å²) in [5.74, 6) is 0.990. The lowest BCUT2D eigenvalue weighted by Crippen LogP contribution is -2.29. The predicted octanol–water partition coefficient (Wildman–Crippen LogP) is 2.47. The number of amides is 1. The number of anilines is 2. The number of carbonyl (C=O) groups is 1. The minimum absolute atomic E-state index is 0.0209. The lowest BCUT2D eigenvalue weighted by atomic mass is 10.1. The van der Waals surface area contributed by atoms with E-state index in [2.05, 4.69) is 16.9 Å². The van der Waals surface area contributed by atoms with Crippen LogP contribution in [0.1, 0.15) is 57.9 Å². The molecule has 1 aromatic heterocycles. The molecule has 2 atom stereocenters. The third-order valence-electron chi connectivity index (χ3n) is 4.82. The number of rotatable bonds is 8. The number of nitrogen functional groups attached to an aromatic ring is 1. The van der Waals surface area contributed by atoms with Gasteiger partial charge in [-0.1, -0.05) is 13.3 Å². The molecule has 7 nitrogen and oxygen atoms in total. The number of hydrogen-bond donors (Lipinski definition) is 1. The van der Waals surface area contributed by atoms with Crippen LogP contribution in [0.3, 0.4) is 0 Å². The minimum atomic E-state index is 0.0209. The standard InChI is InChI=1S/C18H28N4O3/c1-3-6-12(2)25-18-20-16(19)14-11-15(23)22(17(14)21-18)9-4-7-13-8-5-10-24-13/h12-13H,3-11H2,1-2H3,(H2,19,20,21)/t12-,13?/m0/s1. The maximum absolute atomic E-state index is 12.4. The van der Waals surface area contributed by atoms with Crippen molar-refractivity contribution in [2.75, 3.05) is 23.8 Å². The summed E-state index contributed by atoms with van der Waals surface area (Å²) in [4.78, 5) is 22.8. The fraction of sp³-hybridized carbons (Fsp3) is 0.722. The number of fused-ring (bicyclic) bond motifs is 1. The number of nitrogens with zero attached hydrogens (tertiary/aromatic N) is 3. The van der Waals surface area contributed by atoms with Gasteiger partial charge >= 0.3 is 6.01 Å². The van der Waals surface area contributed by atoms with Gasteiger partial charge in [0.1, 0.15) is 11.6 Å². The zero-order valence-corrected chi connectivity index (χ0v) is 15.2.